The number of anilines is 1. The fourth-order valence-electron chi connectivity index (χ4n) is 4.88. The predicted molar refractivity (Wildman–Crippen MR) is 126 cm³/mol. The highest BCUT2D eigenvalue weighted by Gasteiger charge is 2.36. The van der Waals surface area contributed by atoms with Crippen LogP contribution in [0.3, 0.4) is 0 Å². The Morgan fingerprint density at radius 2 is 1.76 bits per heavy atom. The van der Waals surface area contributed by atoms with Crippen LogP contribution in [0.15, 0.2) is 24.3 Å². The summed E-state index contributed by atoms with van der Waals surface area (Å²) in [6.45, 7) is 2.24. The standard InChI is InChI=1S/C24H26F3N5OS/c25-24(26,27)17-8-5-4-6-15(17)23(33)32-12-10-31(11-13-32)14-19-29-21(28)20-16-7-2-1-3-9-18(16)34-22(20)30-19/h4-6,8H,1-3,7,9-14H2,(H2,28,29,30). The fraction of sp³-hybridized carbons (Fsp3) is 0.458. The first-order valence-corrected chi connectivity index (χ1v) is 12.4. The Labute approximate surface area is 199 Å². The van der Waals surface area contributed by atoms with E-state index in [1.165, 1.54) is 46.4 Å². The molecule has 10 heteroatoms. The second kappa shape index (κ2) is 9.14. The average molecular weight is 490 g/mol. The molecule has 6 nitrogen and oxygen atoms in total. The smallest absolute Gasteiger partial charge is 0.383 e. The van der Waals surface area contributed by atoms with Crippen LogP contribution in [0.5, 0.6) is 0 Å². The van der Waals surface area contributed by atoms with Crippen molar-refractivity contribution in [2.24, 2.45) is 0 Å². The Balaban J connectivity index is 1.27. The van der Waals surface area contributed by atoms with Crippen molar-refractivity contribution in [1.82, 2.24) is 19.8 Å². The van der Waals surface area contributed by atoms with E-state index in [4.69, 9.17) is 10.7 Å². The van der Waals surface area contributed by atoms with Crippen molar-refractivity contribution in [3.8, 4) is 0 Å². The number of fused-ring (bicyclic) bond motifs is 3. The number of nitrogens with two attached hydrogens (primary N) is 1. The van der Waals surface area contributed by atoms with E-state index >= 15 is 0 Å². The lowest BCUT2D eigenvalue weighted by molar-refractivity contribution is -0.138. The van der Waals surface area contributed by atoms with Crippen molar-refractivity contribution in [1.29, 1.82) is 0 Å². The Morgan fingerprint density at radius 1 is 1.03 bits per heavy atom. The molecule has 2 N–H and O–H groups in total. The normalized spacial score (nSPS) is 17.6. The maximum Gasteiger partial charge on any atom is 0.417 e. The summed E-state index contributed by atoms with van der Waals surface area (Å²) in [5.41, 5.74) is 6.46. The molecule has 0 bridgehead atoms. The number of hydrogen-bond acceptors (Lipinski definition) is 6. The highest BCUT2D eigenvalue weighted by molar-refractivity contribution is 7.19. The molecule has 0 unspecified atom stereocenters. The van der Waals surface area contributed by atoms with Crippen LogP contribution in [0.1, 0.15) is 51.4 Å². The molecule has 5 rings (SSSR count). The summed E-state index contributed by atoms with van der Waals surface area (Å²) < 4.78 is 40.0. The molecule has 0 radical (unpaired) electrons. The molecule has 0 saturated carbocycles. The number of benzene rings is 1. The van der Waals surface area contributed by atoms with Crippen LogP contribution >= 0.6 is 11.3 Å². The van der Waals surface area contributed by atoms with Gasteiger partial charge in [0, 0.05) is 31.1 Å². The maximum atomic E-state index is 13.3. The van der Waals surface area contributed by atoms with Crippen molar-refractivity contribution in [2.45, 2.75) is 44.8 Å². The number of aromatic nitrogens is 2. The highest BCUT2D eigenvalue weighted by Crippen LogP contribution is 2.37. The van der Waals surface area contributed by atoms with Gasteiger partial charge in [-0.05, 0) is 43.4 Å². The van der Waals surface area contributed by atoms with Crippen molar-refractivity contribution in [3.05, 3.63) is 51.7 Å². The molecule has 2 aromatic heterocycles. The molecule has 1 aliphatic heterocycles. The molecule has 1 fully saturated rings. The first kappa shape index (κ1) is 23.0. The molecule has 1 aromatic carbocycles. The minimum atomic E-state index is -4.57. The summed E-state index contributed by atoms with van der Waals surface area (Å²) in [5, 5.41) is 1.00. The summed E-state index contributed by atoms with van der Waals surface area (Å²) in [4.78, 5) is 28.1. The number of thiophene rings is 1. The van der Waals surface area contributed by atoms with Crippen LogP contribution in [-0.4, -0.2) is 51.9 Å². The van der Waals surface area contributed by atoms with E-state index in [-0.39, 0.29) is 5.56 Å². The van der Waals surface area contributed by atoms with E-state index in [1.807, 2.05) is 0 Å². The number of aryl methyl sites for hydroxylation is 2. The van der Waals surface area contributed by atoms with Gasteiger partial charge in [-0.25, -0.2) is 9.97 Å². The highest BCUT2D eigenvalue weighted by atomic mass is 32.1. The van der Waals surface area contributed by atoms with Gasteiger partial charge in [0.25, 0.3) is 5.91 Å². The first-order chi connectivity index (χ1) is 16.3. The molecule has 3 heterocycles. The number of carbonyl (C=O) groups is 1. The third-order valence-corrected chi connectivity index (χ3v) is 7.81. The summed E-state index contributed by atoms with van der Waals surface area (Å²) in [6, 6.07) is 4.95. The van der Waals surface area contributed by atoms with Gasteiger partial charge in [0.05, 0.1) is 23.1 Å². The monoisotopic (exact) mass is 489 g/mol. The zero-order chi connectivity index (χ0) is 23.9. The number of carbonyl (C=O) groups excluding carboxylic acids is 1. The Morgan fingerprint density at radius 3 is 2.53 bits per heavy atom. The Hall–Kier alpha value is -2.72. The second-order valence-corrected chi connectivity index (χ2v) is 9.96. The lowest BCUT2D eigenvalue weighted by atomic mass is 10.1. The molecule has 3 aromatic rings. The number of nitrogen functional groups attached to an aromatic ring is 1. The van der Waals surface area contributed by atoms with Crippen LogP contribution in [0, 0.1) is 0 Å². The number of nitrogens with zero attached hydrogens (tertiary/aromatic N) is 4. The summed E-state index contributed by atoms with van der Waals surface area (Å²) in [7, 11) is 0. The van der Waals surface area contributed by atoms with Crippen molar-refractivity contribution in [3.63, 3.8) is 0 Å². The average Bonchev–Trinajstić information content (AvgIpc) is 3.00. The Kier molecular flexibility index (Phi) is 6.20. The predicted octanol–water partition coefficient (Wildman–Crippen LogP) is 4.52. The van der Waals surface area contributed by atoms with Crippen molar-refractivity contribution < 1.29 is 18.0 Å². The van der Waals surface area contributed by atoms with Gasteiger partial charge in [-0.15, -0.1) is 11.3 Å². The molecular weight excluding hydrogens is 463 g/mol. The number of hydrogen-bond donors (Lipinski definition) is 1. The fourth-order valence-corrected chi connectivity index (χ4v) is 6.16. The summed E-state index contributed by atoms with van der Waals surface area (Å²) >= 11 is 1.71. The number of piperazine rings is 1. The first-order valence-electron chi connectivity index (χ1n) is 11.6. The van der Waals surface area contributed by atoms with Gasteiger partial charge < -0.3 is 10.6 Å². The van der Waals surface area contributed by atoms with Gasteiger partial charge >= 0.3 is 6.18 Å². The maximum absolute atomic E-state index is 13.3. The number of amides is 1. The third kappa shape index (κ3) is 4.48. The van der Waals surface area contributed by atoms with Gasteiger partial charge in [-0.1, -0.05) is 18.6 Å². The molecule has 34 heavy (non-hydrogen) atoms. The SMILES string of the molecule is Nc1nc(CN2CCN(C(=O)c3ccccc3C(F)(F)F)CC2)nc2sc3c(c12)CCCCC3. The zero-order valence-corrected chi connectivity index (χ0v) is 19.5. The minimum absolute atomic E-state index is 0.303. The Bertz CT molecular complexity index is 1220. The largest absolute Gasteiger partial charge is 0.417 e. The molecule has 0 atom stereocenters. The van der Waals surface area contributed by atoms with Crippen LogP contribution in [0.4, 0.5) is 19.0 Å². The molecule has 2 aliphatic rings. The van der Waals surface area contributed by atoms with Gasteiger partial charge in [0.15, 0.2) is 0 Å². The van der Waals surface area contributed by atoms with Gasteiger partial charge in [-0.2, -0.15) is 13.2 Å². The van der Waals surface area contributed by atoms with Crippen LogP contribution in [0.2, 0.25) is 0 Å². The molecule has 1 saturated heterocycles. The van der Waals surface area contributed by atoms with E-state index in [0.29, 0.717) is 44.4 Å². The number of halogens is 3. The van der Waals surface area contributed by atoms with Gasteiger partial charge in [-0.3, -0.25) is 9.69 Å². The molecule has 0 spiro atoms. The van der Waals surface area contributed by atoms with Crippen LogP contribution in [0.25, 0.3) is 10.2 Å². The van der Waals surface area contributed by atoms with Crippen molar-refractivity contribution >= 4 is 33.3 Å². The molecule has 180 valence electrons. The quantitative estimate of drug-likeness (QED) is 0.548. The molecule has 1 amide bonds. The van der Waals surface area contributed by atoms with Gasteiger partial charge in [0.1, 0.15) is 16.5 Å². The van der Waals surface area contributed by atoms with E-state index in [9.17, 15) is 18.0 Å². The minimum Gasteiger partial charge on any atom is -0.383 e. The van der Waals surface area contributed by atoms with Crippen LogP contribution < -0.4 is 5.73 Å². The van der Waals surface area contributed by atoms with E-state index in [2.05, 4.69) is 9.88 Å². The van der Waals surface area contributed by atoms with E-state index in [1.54, 1.807) is 11.3 Å². The second-order valence-electron chi connectivity index (χ2n) is 8.88. The van der Waals surface area contributed by atoms with E-state index < -0.39 is 17.6 Å². The molecular formula is C24H26F3N5OS. The summed E-state index contributed by atoms with van der Waals surface area (Å²) in [6.07, 6.45) is 1.11. The van der Waals surface area contributed by atoms with E-state index in [0.717, 1.165) is 35.5 Å². The topological polar surface area (TPSA) is 75.3 Å². The lowest BCUT2D eigenvalue weighted by Crippen LogP contribution is -2.48. The number of rotatable bonds is 3. The van der Waals surface area contributed by atoms with Crippen molar-refractivity contribution in [2.75, 3.05) is 31.9 Å². The summed E-state index contributed by atoms with van der Waals surface area (Å²) in [5.74, 6) is 0.579. The number of alkyl halides is 3. The van der Waals surface area contributed by atoms with Gasteiger partial charge in [0.2, 0.25) is 0 Å². The third-order valence-electron chi connectivity index (χ3n) is 6.63. The molecule has 1 aliphatic carbocycles. The zero-order valence-electron chi connectivity index (χ0n) is 18.7. The van der Waals surface area contributed by atoms with Crippen LogP contribution in [-0.2, 0) is 25.6 Å². The lowest BCUT2D eigenvalue weighted by Gasteiger charge is -2.34.